The van der Waals surface area contributed by atoms with Crippen LogP contribution in [0.5, 0.6) is 5.75 Å². The molecule has 4 aromatic rings. The standard InChI is InChI=1S/C26H27N5O4/c32-24(18-7-9-21(10-8-18)35-16-15-30-12-2-1-3-13-30)27-19-5-4-6-20(17-19)31-14-11-22-23(31)28-26(34)29-25(22)33/h4-11,14,17H,1-3,12-13,15-16H2,(H,27,32)(H2,28,29,33,34). The molecule has 2 aromatic heterocycles. The predicted octanol–water partition coefficient (Wildman–Crippen LogP) is 3.12. The average molecular weight is 474 g/mol. The topological polar surface area (TPSA) is 112 Å². The summed E-state index contributed by atoms with van der Waals surface area (Å²) in [6, 6.07) is 15.9. The van der Waals surface area contributed by atoms with Crippen molar-refractivity contribution in [2.45, 2.75) is 19.3 Å². The fraction of sp³-hybridized carbons (Fsp3) is 0.269. The molecule has 9 heteroatoms. The number of carbonyl (C=O) groups is 1. The molecule has 0 radical (unpaired) electrons. The molecule has 180 valence electrons. The number of fused-ring (bicyclic) bond motifs is 1. The minimum Gasteiger partial charge on any atom is -0.492 e. The second kappa shape index (κ2) is 10.0. The van der Waals surface area contributed by atoms with E-state index in [1.54, 1.807) is 59.3 Å². The second-order valence-corrected chi connectivity index (χ2v) is 8.64. The van der Waals surface area contributed by atoms with Crippen LogP contribution in [0.3, 0.4) is 0 Å². The van der Waals surface area contributed by atoms with Crippen LogP contribution in [0.15, 0.2) is 70.4 Å². The van der Waals surface area contributed by atoms with E-state index in [1.807, 2.05) is 6.07 Å². The lowest BCUT2D eigenvalue weighted by atomic mass is 10.1. The zero-order valence-electron chi connectivity index (χ0n) is 19.3. The Morgan fingerprint density at radius 1 is 0.971 bits per heavy atom. The first-order valence-electron chi connectivity index (χ1n) is 11.8. The first-order chi connectivity index (χ1) is 17.1. The van der Waals surface area contributed by atoms with Crippen LogP contribution in [0.4, 0.5) is 5.69 Å². The van der Waals surface area contributed by atoms with E-state index in [9.17, 15) is 14.4 Å². The fourth-order valence-electron chi connectivity index (χ4n) is 4.38. The summed E-state index contributed by atoms with van der Waals surface area (Å²) in [5.41, 5.74) is 1.15. The molecule has 1 fully saturated rings. The number of likely N-dealkylation sites (tertiary alicyclic amines) is 1. The van der Waals surface area contributed by atoms with E-state index in [0.29, 0.717) is 34.6 Å². The summed E-state index contributed by atoms with van der Waals surface area (Å²) in [5.74, 6) is 0.494. The van der Waals surface area contributed by atoms with Crippen LogP contribution in [0, 0.1) is 0 Å². The molecule has 0 bridgehead atoms. The van der Waals surface area contributed by atoms with Gasteiger partial charge < -0.3 is 14.6 Å². The molecule has 0 aliphatic carbocycles. The van der Waals surface area contributed by atoms with Crippen LogP contribution in [0.1, 0.15) is 29.6 Å². The molecule has 0 atom stereocenters. The van der Waals surface area contributed by atoms with E-state index >= 15 is 0 Å². The summed E-state index contributed by atoms with van der Waals surface area (Å²) >= 11 is 0. The number of H-pyrrole nitrogens is 2. The molecule has 1 aliphatic heterocycles. The molecule has 2 aromatic carbocycles. The highest BCUT2D eigenvalue weighted by Gasteiger charge is 2.12. The van der Waals surface area contributed by atoms with E-state index in [4.69, 9.17) is 4.74 Å². The van der Waals surface area contributed by atoms with E-state index in [2.05, 4.69) is 20.2 Å². The van der Waals surface area contributed by atoms with Crippen molar-refractivity contribution in [3.63, 3.8) is 0 Å². The molecule has 3 heterocycles. The Morgan fingerprint density at radius 2 is 1.77 bits per heavy atom. The molecule has 3 N–H and O–H groups in total. The van der Waals surface area contributed by atoms with Crippen molar-refractivity contribution in [2.24, 2.45) is 0 Å². The van der Waals surface area contributed by atoms with Crippen molar-refractivity contribution in [3.8, 4) is 11.4 Å². The van der Waals surface area contributed by atoms with Crippen LogP contribution in [0.2, 0.25) is 0 Å². The number of hydrogen-bond acceptors (Lipinski definition) is 5. The summed E-state index contributed by atoms with van der Waals surface area (Å²) in [6.45, 7) is 3.82. The Bertz CT molecular complexity index is 1450. The number of hydrogen-bond donors (Lipinski definition) is 3. The highest BCUT2D eigenvalue weighted by atomic mass is 16.5. The van der Waals surface area contributed by atoms with Crippen LogP contribution >= 0.6 is 0 Å². The number of amides is 1. The highest BCUT2D eigenvalue weighted by Crippen LogP contribution is 2.20. The number of nitrogens with zero attached hydrogens (tertiary/aromatic N) is 2. The van der Waals surface area contributed by atoms with Crippen molar-refractivity contribution >= 4 is 22.6 Å². The minimum atomic E-state index is -0.578. The molecule has 1 saturated heterocycles. The largest absolute Gasteiger partial charge is 0.492 e. The Morgan fingerprint density at radius 3 is 2.57 bits per heavy atom. The van der Waals surface area contributed by atoms with Crippen LogP contribution in [-0.4, -0.2) is 51.6 Å². The van der Waals surface area contributed by atoms with Crippen molar-refractivity contribution in [1.29, 1.82) is 0 Å². The van der Waals surface area contributed by atoms with Crippen LogP contribution in [0.25, 0.3) is 16.7 Å². The van der Waals surface area contributed by atoms with E-state index in [0.717, 1.165) is 25.4 Å². The molecular formula is C26H27N5O4. The SMILES string of the molecule is O=C(Nc1cccc(-n2ccc3c(=O)[nH]c(=O)[nH]c32)c1)c1ccc(OCCN2CCCCC2)cc1. The van der Waals surface area contributed by atoms with Gasteiger partial charge in [0.2, 0.25) is 0 Å². The van der Waals surface area contributed by atoms with Crippen molar-refractivity contribution in [1.82, 2.24) is 19.4 Å². The maximum atomic E-state index is 12.8. The highest BCUT2D eigenvalue weighted by molar-refractivity contribution is 6.04. The lowest BCUT2D eigenvalue weighted by molar-refractivity contribution is 0.102. The number of ether oxygens (including phenoxy) is 1. The lowest BCUT2D eigenvalue weighted by Gasteiger charge is -2.26. The number of anilines is 1. The molecule has 0 spiro atoms. The monoisotopic (exact) mass is 473 g/mol. The molecule has 9 nitrogen and oxygen atoms in total. The van der Waals surface area contributed by atoms with Gasteiger partial charge in [-0.25, -0.2) is 4.79 Å². The summed E-state index contributed by atoms with van der Waals surface area (Å²) in [4.78, 5) is 43.8. The summed E-state index contributed by atoms with van der Waals surface area (Å²) in [6.07, 6.45) is 5.53. The molecule has 0 saturated carbocycles. The Balaban J connectivity index is 1.24. The van der Waals surface area contributed by atoms with Gasteiger partial charge in [-0.2, -0.15) is 0 Å². The van der Waals surface area contributed by atoms with Gasteiger partial charge >= 0.3 is 5.69 Å². The number of carbonyl (C=O) groups excluding carboxylic acids is 1. The normalized spacial score (nSPS) is 14.2. The fourth-order valence-corrected chi connectivity index (χ4v) is 4.38. The van der Waals surface area contributed by atoms with Crippen LogP contribution in [-0.2, 0) is 0 Å². The van der Waals surface area contributed by atoms with Crippen LogP contribution < -0.4 is 21.3 Å². The van der Waals surface area contributed by atoms with Crippen molar-refractivity contribution in [3.05, 3.63) is 87.2 Å². The number of piperidine rings is 1. The quantitative estimate of drug-likeness (QED) is 0.382. The van der Waals surface area contributed by atoms with Gasteiger partial charge in [-0.15, -0.1) is 0 Å². The van der Waals surface area contributed by atoms with E-state index < -0.39 is 11.2 Å². The first kappa shape index (κ1) is 22.7. The average Bonchev–Trinajstić information content (AvgIpc) is 3.29. The van der Waals surface area contributed by atoms with Crippen molar-refractivity contribution in [2.75, 3.05) is 31.6 Å². The minimum absolute atomic E-state index is 0.246. The van der Waals surface area contributed by atoms with Gasteiger partial charge in [-0.05, 0) is 74.5 Å². The first-order valence-corrected chi connectivity index (χ1v) is 11.8. The van der Waals surface area contributed by atoms with Gasteiger partial charge in [0.15, 0.2) is 0 Å². The molecule has 1 aliphatic rings. The van der Waals surface area contributed by atoms with Gasteiger partial charge in [-0.3, -0.25) is 24.5 Å². The molecule has 0 unspecified atom stereocenters. The molecule has 1 amide bonds. The number of nitrogens with one attached hydrogen (secondary N) is 3. The molecular weight excluding hydrogens is 446 g/mol. The Kier molecular flexibility index (Phi) is 6.49. The van der Waals surface area contributed by atoms with Gasteiger partial charge in [0.1, 0.15) is 18.0 Å². The number of benzene rings is 2. The number of aromatic amines is 2. The van der Waals surface area contributed by atoms with E-state index in [-0.39, 0.29) is 5.91 Å². The third-order valence-corrected chi connectivity index (χ3v) is 6.21. The number of aromatic nitrogens is 3. The van der Waals surface area contributed by atoms with Crippen molar-refractivity contribution < 1.29 is 9.53 Å². The van der Waals surface area contributed by atoms with Gasteiger partial charge in [-0.1, -0.05) is 12.5 Å². The van der Waals surface area contributed by atoms with Gasteiger partial charge in [0.25, 0.3) is 11.5 Å². The van der Waals surface area contributed by atoms with E-state index in [1.165, 1.54) is 19.3 Å². The second-order valence-electron chi connectivity index (χ2n) is 8.64. The zero-order valence-corrected chi connectivity index (χ0v) is 19.3. The Labute approximate surface area is 201 Å². The maximum absolute atomic E-state index is 12.8. The molecule has 35 heavy (non-hydrogen) atoms. The van der Waals surface area contributed by atoms with Gasteiger partial charge in [0.05, 0.1) is 5.39 Å². The smallest absolute Gasteiger partial charge is 0.327 e. The lowest BCUT2D eigenvalue weighted by Crippen LogP contribution is -2.33. The third kappa shape index (κ3) is 5.20. The Hall–Kier alpha value is -4.11. The third-order valence-electron chi connectivity index (χ3n) is 6.21. The predicted molar refractivity (Wildman–Crippen MR) is 135 cm³/mol. The number of rotatable bonds is 7. The summed E-state index contributed by atoms with van der Waals surface area (Å²) in [5, 5.41) is 3.27. The maximum Gasteiger partial charge on any atom is 0.327 e. The van der Waals surface area contributed by atoms with Gasteiger partial charge in [0, 0.05) is 29.7 Å². The summed E-state index contributed by atoms with van der Waals surface area (Å²) < 4.78 is 7.54. The molecule has 5 rings (SSSR count). The zero-order chi connectivity index (χ0) is 24.2. The summed E-state index contributed by atoms with van der Waals surface area (Å²) in [7, 11) is 0.